The van der Waals surface area contributed by atoms with Crippen molar-refractivity contribution in [3.63, 3.8) is 0 Å². The van der Waals surface area contributed by atoms with Gasteiger partial charge in [0.2, 0.25) is 5.91 Å². The summed E-state index contributed by atoms with van der Waals surface area (Å²) in [5.74, 6) is -0.814. The highest BCUT2D eigenvalue weighted by atomic mass is 79.9. The molecule has 0 saturated heterocycles. The van der Waals surface area contributed by atoms with Crippen LogP contribution in [-0.2, 0) is 19.1 Å². The number of hydrogen-bond acceptors (Lipinski definition) is 7. The SMILES string of the molecule is COC(=O)c1sc(-c2cccc(NC(=O)C3CCCCC3)c2)c(Br)c1OCC(=O)OC(C)(C)C. The Kier molecular flexibility index (Phi) is 8.76. The van der Waals surface area contributed by atoms with Crippen LogP contribution in [0.5, 0.6) is 5.75 Å². The maximum Gasteiger partial charge on any atom is 0.351 e. The van der Waals surface area contributed by atoms with Crippen molar-refractivity contribution in [2.75, 3.05) is 19.0 Å². The number of carbonyl (C=O) groups is 3. The Morgan fingerprint density at radius 1 is 1.15 bits per heavy atom. The van der Waals surface area contributed by atoms with E-state index < -0.39 is 17.5 Å². The van der Waals surface area contributed by atoms with E-state index in [2.05, 4.69) is 21.2 Å². The number of esters is 2. The third-order valence-corrected chi connectivity index (χ3v) is 7.52. The zero-order valence-corrected chi connectivity index (χ0v) is 22.3. The van der Waals surface area contributed by atoms with Gasteiger partial charge in [0, 0.05) is 11.6 Å². The molecule has 0 aliphatic heterocycles. The van der Waals surface area contributed by atoms with Crippen LogP contribution in [0, 0.1) is 5.92 Å². The molecule has 2 aromatic rings. The molecule has 0 atom stereocenters. The Morgan fingerprint density at radius 2 is 1.85 bits per heavy atom. The molecule has 1 aromatic heterocycles. The lowest BCUT2D eigenvalue weighted by Crippen LogP contribution is -2.27. The van der Waals surface area contributed by atoms with Gasteiger partial charge in [0.15, 0.2) is 17.2 Å². The van der Waals surface area contributed by atoms with Crippen LogP contribution in [0.2, 0.25) is 0 Å². The van der Waals surface area contributed by atoms with Gasteiger partial charge >= 0.3 is 11.9 Å². The summed E-state index contributed by atoms with van der Waals surface area (Å²) < 4.78 is 16.4. The fraction of sp³-hybridized carbons (Fsp3) is 0.480. The van der Waals surface area contributed by atoms with Crippen molar-refractivity contribution in [2.24, 2.45) is 5.92 Å². The van der Waals surface area contributed by atoms with E-state index >= 15 is 0 Å². The highest BCUT2D eigenvalue weighted by molar-refractivity contribution is 9.10. The second kappa shape index (κ2) is 11.4. The number of ether oxygens (including phenoxy) is 3. The van der Waals surface area contributed by atoms with Crippen LogP contribution in [-0.4, -0.2) is 37.2 Å². The first-order chi connectivity index (χ1) is 16.1. The average molecular weight is 552 g/mol. The van der Waals surface area contributed by atoms with E-state index in [1.54, 1.807) is 20.8 Å². The number of amides is 1. The number of halogens is 1. The molecule has 0 bridgehead atoms. The first-order valence-electron chi connectivity index (χ1n) is 11.3. The van der Waals surface area contributed by atoms with E-state index in [9.17, 15) is 14.4 Å². The van der Waals surface area contributed by atoms with Crippen LogP contribution in [0.3, 0.4) is 0 Å². The Hall–Kier alpha value is -2.39. The normalized spacial score (nSPS) is 14.4. The van der Waals surface area contributed by atoms with Gasteiger partial charge in [0.1, 0.15) is 5.60 Å². The largest absolute Gasteiger partial charge is 0.479 e. The number of carbonyl (C=O) groups excluding carboxylic acids is 3. The Morgan fingerprint density at radius 3 is 2.50 bits per heavy atom. The number of nitrogens with one attached hydrogen (secondary N) is 1. The van der Waals surface area contributed by atoms with Gasteiger partial charge in [0.05, 0.1) is 16.5 Å². The van der Waals surface area contributed by atoms with Crippen LogP contribution in [0.4, 0.5) is 5.69 Å². The van der Waals surface area contributed by atoms with Crippen molar-refractivity contribution in [3.05, 3.63) is 33.6 Å². The summed E-state index contributed by atoms with van der Waals surface area (Å²) in [6, 6.07) is 7.42. The molecule has 3 rings (SSSR count). The van der Waals surface area contributed by atoms with Crippen molar-refractivity contribution in [1.29, 1.82) is 0 Å². The maximum absolute atomic E-state index is 12.7. The molecule has 1 heterocycles. The first kappa shape index (κ1) is 26.2. The summed E-state index contributed by atoms with van der Waals surface area (Å²) in [5, 5.41) is 3.02. The number of hydrogen-bond donors (Lipinski definition) is 1. The van der Waals surface area contributed by atoms with E-state index in [0.29, 0.717) is 15.0 Å². The summed E-state index contributed by atoms with van der Waals surface area (Å²) in [5.41, 5.74) is 0.824. The van der Waals surface area contributed by atoms with Crippen LogP contribution in [0.1, 0.15) is 62.5 Å². The highest BCUT2D eigenvalue weighted by Crippen LogP contribution is 2.46. The summed E-state index contributed by atoms with van der Waals surface area (Å²) in [4.78, 5) is 38.2. The number of rotatable bonds is 7. The third kappa shape index (κ3) is 6.82. The molecule has 1 amide bonds. The molecule has 1 aliphatic carbocycles. The fourth-order valence-corrected chi connectivity index (χ4v) is 5.75. The minimum Gasteiger partial charge on any atom is -0.479 e. The van der Waals surface area contributed by atoms with Crippen LogP contribution >= 0.6 is 27.3 Å². The van der Waals surface area contributed by atoms with E-state index in [0.717, 1.165) is 31.2 Å². The summed E-state index contributed by atoms with van der Waals surface area (Å²) in [6.45, 7) is 4.95. The first-order valence-corrected chi connectivity index (χ1v) is 12.9. The quantitative estimate of drug-likeness (QED) is 0.411. The lowest BCUT2D eigenvalue weighted by molar-refractivity contribution is -0.157. The molecule has 0 radical (unpaired) electrons. The lowest BCUT2D eigenvalue weighted by atomic mass is 9.88. The van der Waals surface area contributed by atoms with Gasteiger partial charge in [0.25, 0.3) is 0 Å². The van der Waals surface area contributed by atoms with Gasteiger partial charge in [-0.1, -0.05) is 31.4 Å². The molecule has 1 aromatic carbocycles. The molecule has 0 spiro atoms. The standard InChI is InChI=1S/C25H30BrNO6S/c1-25(2,3)33-18(28)14-32-20-19(26)21(34-22(20)24(30)31-4)16-11-8-12-17(13-16)27-23(29)15-9-6-5-7-10-15/h8,11-13,15H,5-7,9-10,14H2,1-4H3,(H,27,29). The maximum atomic E-state index is 12.7. The second-order valence-corrected chi connectivity index (χ2v) is 11.0. The number of methoxy groups -OCH3 is 1. The molecule has 1 saturated carbocycles. The average Bonchev–Trinajstić information content (AvgIpc) is 3.13. The molecule has 34 heavy (non-hydrogen) atoms. The molecule has 1 aliphatic rings. The predicted octanol–water partition coefficient (Wildman–Crippen LogP) is 6.20. The molecule has 7 nitrogen and oxygen atoms in total. The lowest BCUT2D eigenvalue weighted by Gasteiger charge is -2.20. The van der Waals surface area contributed by atoms with Gasteiger partial charge in [-0.05, 0) is 67.2 Å². The molecule has 1 N–H and O–H groups in total. The van der Waals surface area contributed by atoms with Crippen LogP contribution < -0.4 is 10.1 Å². The Labute approximate surface area is 212 Å². The third-order valence-electron chi connectivity index (χ3n) is 5.30. The predicted molar refractivity (Wildman–Crippen MR) is 135 cm³/mol. The van der Waals surface area contributed by atoms with Crippen LogP contribution in [0.15, 0.2) is 28.7 Å². The molecule has 184 valence electrons. The van der Waals surface area contributed by atoms with E-state index in [1.807, 2.05) is 24.3 Å². The summed E-state index contributed by atoms with van der Waals surface area (Å²) in [6.07, 6.45) is 5.20. The number of anilines is 1. The molecule has 9 heteroatoms. The van der Waals surface area contributed by atoms with Crippen molar-refractivity contribution < 1.29 is 28.6 Å². The topological polar surface area (TPSA) is 90.9 Å². The summed E-state index contributed by atoms with van der Waals surface area (Å²) in [7, 11) is 1.29. The van der Waals surface area contributed by atoms with Gasteiger partial charge in [-0.15, -0.1) is 11.3 Å². The highest BCUT2D eigenvalue weighted by Gasteiger charge is 2.27. The van der Waals surface area contributed by atoms with Crippen LogP contribution in [0.25, 0.3) is 10.4 Å². The zero-order chi connectivity index (χ0) is 24.9. The molecule has 0 unspecified atom stereocenters. The van der Waals surface area contributed by atoms with Gasteiger partial charge in [-0.3, -0.25) is 4.79 Å². The molecular formula is C25H30BrNO6S. The zero-order valence-electron chi connectivity index (χ0n) is 19.9. The molecule has 1 fully saturated rings. The van der Waals surface area contributed by atoms with Crippen molar-refractivity contribution in [2.45, 2.75) is 58.5 Å². The second-order valence-electron chi connectivity index (χ2n) is 9.18. The van der Waals surface area contributed by atoms with Crippen molar-refractivity contribution >= 4 is 50.8 Å². The monoisotopic (exact) mass is 551 g/mol. The minimum absolute atomic E-state index is 0.0405. The summed E-state index contributed by atoms with van der Waals surface area (Å²) >= 11 is 4.71. The number of thiophene rings is 1. The van der Waals surface area contributed by atoms with Gasteiger partial charge in [-0.25, -0.2) is 9.59 Å². The van der Waals surface area contributed by atoms with Gasteiger partial charge in [-0.2, -0.15) is 0 Å². The smallest absolute Gasteiger partial charge is 0.351 e. The number of benzene rings is 1. The Balaban J connectivity index is 1.83. The van der Waals surface area contributed by atoms with Crippen molar-refractivity contribution in [3.8, 4) is 16.2 Å². The minimum atomic E-state index is -0.648. The Bertz CT molecular complexity index is 1050. The van der Waals surface area contributed by atoms with Gasteiger partial charge < -0.3 is 19.5 Å². The van der Waals surface area contributed by atoms with E-state index in [-0.39, 0.29) is 29.1 Å². The molecular weight excluding hydrogens is 522 g/mol. The van der Waals surface area contributed by atoms with E-state index in [4.69, 9.17) is 14.2 Å². The van der Waals surface area contributed by atoms with E-state index in [1.165, 1.54) is 24.9 Å². The van der Waals surface area contributed by atoms with Crippen molar-refractivity contribution in [1.82, 2.24) is 0 Å². The fourth-order valence-electron chi connectivity index (χ4n) is 3.79.